The van der Waals surface area contributed by atoms with Gasteiger partial charge in [0, 0.05) is 4.70 Å². The molecule has 0 spiro atoms. The minimum atomic E-state index is -0.782. The summed E-state index contributed by atoms with van der Waals surface area (Å²) in [6.07, 6.45) is 2.11. The number of thiophene rings is 1. The fourth-order valence-electron chi connectivity index (χ4n) is 2.93. The van der Waals surface area contributed by atoms with Crippen molar-refractivity contribution in [3.05, 3.63) is 34.7 Å². The molecule has 0 saturated carbocycles. The number of nitrogens with zero attached hydrogens (tertiary/aromatic N) is 1. The van der Waals surface area contributed by atoms with Gasteiger partial charge in [-0.05, 0) is 55.9 Å². The molecule has 4 heteroatoms. The average Bonchev–Trinajstić information content (AvgIpc) is 2.79. The average molecular weight is 275 g/mol. The van der Waals surface area contributed by atoms with Crippen molar-refractivity contribution in [3.8, 4) is 0 Å². The Morgan fingerprint density at radius 1 is 1.32 bits per heavy atom. The maximum absolute atomic E-state index is 11.5. The molecule has 2 aromatic rings. The first kappa shape index (κ1) is 12.6. The molecule has 2 heterocycles. The lowest BCUT2D eigenvalue weighted by Crippen LogP contribution is -2.29. The number of carbonyl (C=O) groups is 1. The van der Waals surface area contributed by atoms with Gasteiger partial charge in [-0.25, -0.2) is 4.79 Å². The zero-order valence-corrected chi connectivity index (χ0v) is 11.7. The predicted molar refractivity (Wildman–Crippen MR) is 78.3 cm³/mol. The number of rotatable bonds is 2. The van der Waals surface area contributed by atoms with Gasteiger partial charge < -0.3 is 10.0 Å². The Balaban J connectivity index is 2.09. The van der Waals surface area contributed by atoms with Crippen molar-refractivity contribution in [1.82, 2.24) is 4.90 Å². The van der Waals surface area contributed by atoms with Gasteiger partial charge in [0.05, 0.1) is 0 Å². The molecule has 1 fully saturated rings. The van der Waals surface area contributed by atoms with E-state index < -0.39 is 5.97 Å². The Hall–Kier alpha value is -1.39. The Morgan fingerprint density at radius 3 is 2.68 bits per heavy atom. The second-order valence-corrected chi connectivity index (χ2v) is 6.28. The number of benzene rings is 1. The van der Waals surface area contributed by atoms with E-state index in [0.29, 0.717) is 10.8 Å². The predicted octanol–water partition coefficient (Wildman–Crippen LogP) is 3.41. The van der Waals surface area contributed by atoms with Crippen LogP contribution in [0.1, 0.15) is 34.0 Å². The lowest BCUT2D eigenvalue weighted by Gasteiger charge is -2.29. The van der Waals surface area contributed by atoms with Gasteiger partial charge in [0.2, 0.25) is 0 Å². The van der Waals surface area contributed by atoms with Crippen LogP contribution in [-0.4, -0.2) is 36.1 Å². The van der Waals surface area contributed by atoms with Crippen molar-refractivity contribution in [3.63, 3.8) is 0 Å². The number of likely N-dealkylation sites (tertiary alicyclic amines) is 1. The van der Waals surface area contributed by atoms with Crippen molar-refractivity contribution in [2.24, 2.45) is 0 Å². The third kappa shape index (κ3) is 2.26. The topological polar surface area (TPSA) is 40.5 Å². The number of piperidine rings is 1. The third-order valence-corrected chi connectivity index (χ3v) is 5.13. The standard InChI is InChI=1S/C15H17NO2S/c1-16-8-6-10(7-9-16)13-11-4-2-3-5-12(11)19-14(13)15(17)18/h2-5,10H,6-9H2,1H3,(H,17,18). The summed E-state index contributed by atoms with van der Waals surface area (Å²) in [6, 6.07) is 8.05. The van der Waals surface area contributed by atoms with Gasteiger partial charge in [-0.15, -0.1) is 11.3 Å². The molecule has 0 amide bonds. The van der Waals surface area contributed by atoms with Gasteiger partial charge >= 0.3 is 5.97 Å². The van der Waals surface area contributed by atoms with Crippen LogP contribution in [0.25, 0.3) is 10.1 Å². The number of hydrogen-bond donors (Lipinski definition) is 1. The lowest BCUT2D eigenvalue weighted by atomic mass is 9.87. The van der Waals surface area contributed by atoms with Crippen LogP contribution in [0.2, 0.25) is 0 Å². The van der Waals surface area contributed by atoms with Crippen LogP contribution in [0.5, 0.6) is 0 Å². The number of fused-ring (bicyclic) bond motifs is 1. The Bertz CT molecular complexity index is 612. The monoisotopic (exact) mass is 275 g/mol. The highest BCUT2D eigenvalue weighted by molar-refractivity contribution is 7.21. The van der Waals surface area contributed by atoms with E-state index in [1.54, 1.807) is 0 Å². The molecule has 1 aliphatic rings. The van der Waals surface area contributed by atoms with Crippen LogP contribution in [0, 0.1) is 0 Å². The molecule has 1 aromatic heterocycles. The van der Waals surface area contributed by atoms with Crippen LogP contribution < -0.4 is 0 Å². The minimum Gasteiger partial charge on any atom is -0.477 e. The molecule has 1 aliphatic heterocycles. The number of carboxylic acid groups (broad SMARTS) is 1. The van der Waals surface area contributed by atoms with Gasteiger partial charge in [0.1, 0.15) is 4.88 Å². The number of aromatic carboxylic acids is 1. The highest BCUT2D eigenvalue weighted by Gasteiger charge is 2.27. The molecular formula is C15H17NO2S. The second-order valence-electron chi connectivity index (χ2n) is 5.22. The number of carboxylic acids is 1. The minimum absolute atomic E-state index is 0.387. The summed E-state index contributed by atoms with van der Waals surface area (Å²) in [5.74, 6) is -0.395. The summed E-state index contributed by atoms with van der Waals surface area (Å²) in [5, 5.41) is 10.6. The maximum atomic E-state index is 11.5. The van der Waals surface area contributed by atoms with Crippen LogP contribution in [0.15, 0.2) is 24.3 Å². The summed E-state index contributed by atoms with van der Waals surface area (Å²) < 4.78 is 1.09. The van der Waals surface area contributed by atoms with E-state index >= 15 is 0 Å². The maximum Gasteiger partial charge on any atom is 0.346 e. The van der Waals surface area contributed by atoms with E-state index in [9.17, 15) is 9.90 Å². The van der Waals surface area contributed by atoms with Crippen LogP contribution in [0.3, 0.4) is 0 Å². The highest BCUT2D eigenvalue weighted by Crippen LogP contribution is 2.40. The van der Waals surface area contributed by atoms with E-state index in [1.807, 2.05) is 18.2 Å². The summed E-state index contributed by atoms with van der Waals surface area (Å²) in [7, 11) is 2.13. The second kappa shape index (κ2) is 4.94. The highest BCUT2D eigenvalue weighted by atomic mass is 32.1. The SMILES string of the molecule is CN1CCC(c2c(C(=O)O)sc3ccccc23)CC1. The van der Waals surface area contributed by atoms with Crippen LogP contribution in [0.4, 0.5) is 0 Å². The lowest BCUT2D eigenvalue weighted by molar-refractivity contribution is 0.0700. The van der Waals surface area contributed by atoms with Crippen molar-refractivity contribution in [1.29, 1.82) is 0 Å². The Labute approximate surface area is 116 Å². The van der Waals surface area contributed by atoms with Crippen molar-refractivity contribution >= 4 is 27.4 Å². The Kier molecular flexibility index (Phi) is 3.29. The number of hydrogen-bond acceptors (Lipinski definition) is 3. The molecule has 3 nitrogen and oxygen atoms in total. The van der Waals surface area contributed by atoms with Gasteiger partial charge in [0.15, 0.2) is 0 Å². The van der Waals surface area contributed by atoms with Gasteiger partial charge in [-0.2, -0.15) is 0 Å². The largest absolute Gasteiger partial charge is 0.477 e. The first-order chi connectivity index (χ1) is 9.16. The summed E-state index contributed by atoms with van der Waals surface area (Å²) in [4.78, 5) is 14.3. The quantitative estimate of drug-likeness (QED) is 0.913. The summed E-state index contributed by atoms with van der Waals surface area (Å²) in [6.45, 7) is 2.10. The fourth-order valence-corrected chi connectivity index (χ4v) is 4.06. The molecule has 19 heavy (non-hydrogen) atoms. The van der Waals surface area contributed by atoms with Gasteiger partial charge in [-0.3, -0.25) is 0 Å². The third-order valence-electron chi connectivity index (χ3n) is 3.95. The van der Waals surface area contributed by atoms with E-state index in [4.69, 9.17) is 0 Å². The van der Waals surface area contributed by atoms with E-state index in [1.165, 1.54) is 11.3 Å². The van der Waals surface area contributed by atoms with Crippen molar-refractivity contribution < 1.29 is 9.90 Å². The summed E-state index contributed by atoms with van der Waals surface area (Å²) >= 11 is 1.41. The van der Waals surface area contributed by atoms with Crippen molar-refractivity contribution in [2.75, 3.05) is 20.1 Å². The molecule has 0 bridgehead atoms. The van der Waals surface area contributed by atoms with Gasteiger partial charge in [-0.1, -0.05) is 18.2 Å². The van der Waals surface area contributed by atoms with Crippen LogP contribution >= 0.6 is 11.3 Å². The van der Waals surface area contributed by atoms with E-state index in [2.05, 4.69) is 18.0 Å². The first-order valence-corrected chi connectivity index (χ1v) is 7.41. The van der Waals surface area contributed by atoms with Crippen molar-refractivity contribution in [2.45, 2.75) is 18.8 Å². The molecule has 0 unspecified atom stereocenters. The zero-order chi connectivity index (χ0) is 13.4. The molecule has 1 N–H and O–H groups in total. The summed E-state index contributed by atoms with van der Waals surface area (Å²) in [5.41, 5.74) is 1.07. The first-order valence-electron chi connectivity index (χ1n) is 6.60. The van der Waals surface area contributed by atoms with E-state index in [-0.39, 0.29) is 0 Å². The normalized spacial score (nSPS) is 17.9. The molecule has 1 aromatic carbocycles. The molecule has 0 radical (unpaired) electrons. The Morgan fingerprint density at radius 2 is 2.00 bits per heavy atom. The molecule has 0 atom stereocenters. The molecule has 100 valence electrons. The zero-order valence-electron chi connectivity index (χ0n) is 10.9. The van der Waals surface area contributed by atoms with Gasteiger partial charge in [0.25, 0.3) is 0 Å². The van der Waals surface area contributed by atoms with Crippen LogP contribution in [-0.2, 0) is 0 Å². The molecular weight excluding hydrogens is 258 g/mol. The van der Waals surface area contributed by atoms with E-state index in [0.717, 1.165) is 41.6 Å². The fraction of sp³-hybridized carbons (Fsp3) is 0.400. The molecule has 0 aliphatic carbocycles. The molecule has 1 saturated heterocycles. The molecule has 3 rings (SSSR count). The smallest absolute Gasteiger partial charge is 0.346 e.